The zero-order chi connectivity index (χ0) is 12.9. The third kappa shape index (κ3) is 2.96. The first kappa shape index (κ1) is 13.5. The van der Waals surface area contributed by atoms with Crippen LogP contribution in [0.2, 0.25) is 0 Å². The number of hydrogen-bond acceptors (Lipinski definition) is 3. The van der Waals surface area contributed by atoms with E-state index in [1.165, 1.54) is 11.9 Å². The molecule has 0 aromatic heterocycles. The van der Waals surface area contributed by atoms with Crippen LogP contribution in [0.1, 0.15) is 32.1 Å². The van der Waals surface area contributed by atoms with Gasteiger partial charge in [-0.2, -0.15) is 5.26 Å². The Kier molecular flexibility index (Phi) is 4.50. The van der Waals surface area contributed by atoms with Gasteiger partial charge in [-0.3, -0.25) is 9.59 Å². The summed E-state index contributed by atoms with van der Waals surface area (Å²) in [5.74, 6) is -0.437. The van der Waals surface area contributed by atoms with Gasteiger partial charge >= 0.3 is 0 Å². The van der Waals surface area contributed by atoms with Gasteiger partial charge in [0, 0.05) is 14.1 Å². The normalized spacial score (nSPS) is 17.9. The Bertz CT molecular complexity index is 340. The number of likely N-dealkylation sites (N-methyl/N-ethyl adjacent to an activating group) is 2. The first-order chi connectivity index (χ1) is 8.05. The summed E-state index contributed by atoms with van der Waals surface area (Å²) in [6.07, 6.45) is 4.12. The van der Waals surface area contributed by atoms with Crippen LogP contribution in [0.3, 0.4) is 0 Å². The van der Waals surface area contributed by atoms with Crippen LogP contribution in [0.15, 0.2) is 0 Å². The first-order valence-electron chi connectivity index (χ1n) is 5.93. The van der Waals surface area contributed by atoms with Crippen LogP contribution in [0.4, 0.5) is 0 Å². The Morgan fingerprint density at radius 3 is 2.41 bits per heavy atom. The first-order valence-corrected chi connectivity index (χ1v) is 5.93. The van der Waals surface area contributed by atoms with Gasteiger partial charge < -0.3 is 10.2 Å². The van der Waals surface area contributed by atoms with Crippen LogP contribution in [-0.4, -0.2) is 37.4 Å². The van der Waals surface area contributed by atoms with Crippen LogP contribution in [0.5, 0.6) is 0 Å². The minimum atomic E-state index is -0.902. The van der Waals surface area contributed by atoms with E-state index in [9.17, 15) is 14.9 Å². The lowest BCUT2D eigenvalue weighted by atomic mass is 9.74. The van der Waals surface area contributed by atoms with Crippen molar-refractivity contribution in [3.63, 3.8) is 0 Å². The van der Waals surface area contributed by atoms with Gasteiger partial charge in [0.1, 0.15) is 5.41 Å². The molecule has 1 aliphatic rings. The van der Waals surface area contributed by atoms with Crippen molar-refractivity contribution in [2.75, 3.05) is 20.6 Å². The average Bonchev–Trinajstić information content (AvgIpc) is 2.38. The zero-order valence-corrected chi connectivity index (χ0v) is 10.5. The maximum absolute atomic E-state index is 12.2. The summed E-state index contributed by atoms with van der Waals surface area (Å²) >= 11 is 0. The Balaban J connectivity index is 2.72. The summed E-state index contributed by atoms with van der Waals surface area (Å²) in [5.41, 5.74) is -0.902. The third-order valence-corrected chi connectivity index (χ3v) is 3.34. The van der Waals surface area contributed by atoms with Crippen LogP contribution >= 0.6 is 0 Å². The van der Waals surface area contributed by atoms with Crippen molar-refractivity contribution in [2.24, 2.45) is 5.41 Å². The van der Waals surface area contributed by atoms with Gasteiger partial charge in [0.2, 0.25) is 11.8 Å². The number of nitrogens with one attached hydrogen (secondary N) is 1. The molecule has 17 heavy (non-hydrogen) atoms. The molecule has 1 N–H and O–H groups in total. The van der Waals surface area contributed by atoms with Crippen LogP contribution in [0, 0.1) is 16.7 Å². The number of carbonyl (C=O) groups excluding carboxylic acids is 2. The average molecular weight is 237 g/mol. The van der Waals surface area contributed by atoms with E-state index in [2.05, 4.69) is 11.4 Å². The fourth-order valence-corrected chi connectivity index (χ4v) is 2.26. The van der Waals surface area contributed by atoms with Crippen molar-refractivity contribution in [3.8, 4) is 6.07 Å². The topological polar surface area (TPSA) is 73.2 Å². The molecule has 1 rings (SSSR count). The van der Waals surface area contributed by atoms with Crippen molar-refractivity contribution >= 4 is 11.8 Å². The lowest BCUT2D eigenvalue weighted by Gasteiger charge is -2.32. The smallest absolute Gasteiger partial charge is 0.243 e. The zero-order valence-electron chi connectivity index (χ0n) is 10.5. The molecular weight excluding hydrogens is 218 g/mol. The molecule has 0 aliphatic heterocycles. The number of nitriles is 1. The number of amides is 2. The second-order valence-electron chi connectivity index (χ2n) is 4.59. The van der Waals surface area contributed by atoms with E-state index in [1.807, 2.05) is 0 Å². The highest BCUT2D eigenvalue weighted by Gasteiger charge is 2.41. The molecule has 0 aromatic rings. The molecule has 2 amide bonds. The SMILES string of the molecule is CNC(=O)CN(C)C(=O)C1(C#N)CCCCC1. The summed E-state index contributed by atoms with van der Waals surface area (Å²) < 4.78 is 0. The van der Waals surface area contributed by atoms with Gasteiger partial charge in [-0.15, -0.1) is 0 Å². The standard InChI is InChI=1S/C12H19N3O2/c1-14-10(16)8-15(2)11(17)12(9-13)6-4-3-5-7-12/h3-8H2,1-2H3,(H,14,16). The maximum Gasteiger partial charge on any atom is 0.243 e. The van der Waals surface area contributed by atoms with E-state index in [0.29, 0.717) is 12.8 Å². The quantitative estimate of drug-likeness (QED) is 0.783. The van der Waals surface area contributed by atoms with Gasteiger partial charge in [-0.05, 0) is 12.8 Å². The predicted molar refractivity (Wildman–Crippen MR) is 62.8 cm³/mol. The summed E-state index contributed by atoms with van der Waals surface area (Å²) in [6.45, 7) is 0.0127. The molecule has 1 aliphatic carbocycles. The van der Waals surface area contributed by atoms with Crippen molar-refractivity contribution < 1.29 is 9.59 Å². The minimum Gasteiger partial charge on any atom is -0.358 e. The van der Waals surface area contributed by atoms with E-state index in [0.717, 1.165) is 19.3 Å². The highest BCUT2D eigenvalue weighted by Crippen LogP contribution is 2.37. The van der Waals surface area contributed by atoms with E-state index >= 15 is 0 Å². The van der Waals surface area contributed by atoms with E-state index < -0.39 is 5.41 Å². The second kappa shape index (κ2) is 5.67. The van der Waals surface area contributed by atoms with Gasteiger partial charge in [0.15, 0.2) is 0 Å². The van der Waals surface area contributed by atoms with Gasteiger partial charge in [0.05, 0.1) is 12.6 Å². The molecule has 94 valence electrons. The van der Waals surface area contributed by atoms with E-state index in [4.69, 9.17) is 0 Å². The Morgan fingerprint density at radius 2 is 1.94 bits per heavy atom. The number of carbonyl (C=O) groups is 2. The monoisotopic (exact) mass is 237 g/mol. The van der Waals surface area contributed by atoms with Crippen LogP contribution < -0.4 is 5.32 Å². The number of rotatable bonds is 3. The lowest BCUT2D eigenvalue weighted by molar-refractivity contribution is -0.142. The Morgan fingerprint density at radius 1 is 1.35 bits per heavy atom. The Hall–Kier alpha value is -1.57. The summed E-state index contributed by atoms with van der Waals surface area (Å²) in [6, 6.07) is 2.17. The highest BCUT2D eigenvalue weighted by molar-refractivity contribution is 5.89. The summed E-state index contributed by atoms with van der Waals surface area (Å²) in [7, 11) is 3.10. The molecule has 0 radical (unpaired) electrons. The third-order valence-electron chi connectivity index (χ3n) is 3.34. The van der Waals surface area contributed by atoms with Gasteiger partial charge in [-0.1, -0.05) is 19.3 Å². The molecule has 0 spiro atoms. The van der Waals surface area contributed by atoms with Crippen LogP contribution in [0.25, 0.3) is 0 Å². The van der Waals surface area contributed by atoms with Crippen molar-refractivity contribution in [1.29, 1.82) is 5.26 Å². The van der Waals surface area contributed by atoms with Crippen LogP contribution in [-0.2, 0) is 9.59 Å². The Labute approximate surface area is 102 Å². The van der Waals surface area contributed by atoms with Gasteiger partial charge in [-0.25, -0.2) is 0 Å². The molecule has 0 heterocycles. The van der Waals surface area contributed by atoms with E-state index in [-0.39, 0.29) is 18.4 Å². The van der Waals surface area contributed by atoms with Crippen molar-refractivity contribution in [2.45, 2.75) is 32.1 Å². The fraction of sp³-hybridized carbons (Fsp3) is 0.750. The largest absolute Gasteiger partial charge is 0.358 e. The number of nitrogens with zero attached hydrogens (tertiary/aromatic N) is 2. The molecular formula is C12H19N3O2. The number of hydrogen-bond donors (Lipinski definition) is 1. The molecule has 0 atom stereocenters. The molecule has 0 aromatic carbocycles. The highest BCUT2D eigenvalue weighted by atomic mass is 16.2. The summed E-state index contributed by atoms with van der Waals surface area (Å²) in [5, 5.41) is 11.7. The molecule has 5 nitrogen and oxygen atoms in total. The predicted octanol–water partition coefficient (Wildman–Crippen LogP) is 0.665. The van der Waals surface area contributed by atoms with E-state index in [1.54, 1.807) is 7.05 Å². The van der Waals surface area contributed by atoms with Gasteiger partial charge in [0.25, 0.3) is 0 Å². The second-order valence-corrected chi connectivity index (χ2v) is 4.59. The summed E-state index contributed by atoms with van der Waals surface area (Å²) in [4.78, 5) is 24.8. The van der Waals surface area contributed by atoms with Crippen molar-refractivity contribution in [1.82, 2.24) is 10.2 Å². The minimum absolute atomic E-state index is 0.0127. The maximum atomic E-state index is 12.2. The molecule has 0 saturated heterocycles. The lowest BCUT2D eigenvalue weighted by Crippen LogP contribution is -2.46. The molecule has 1 saturated carbocycles. The molecule has 1 fully saturated rings. The molecule has 0 unspecified atom stereocenters. The fourth-order valence-electron chi connectivity index (χ4n) is 2.26. The van der Waals surface area contributed by atoms with Crippen molar-refractivity contribution in [3.05, 3.63) is 0 Å². The molecule has 0 bridgehead atoms. The molecule has 5 heteroatoms.